The second-order valence-electron chi connectivity index (χ2n) is 4.49. The first-order chi connectivity index (χ1) is 8.11. The van der Waals surface area contributed by atoms with Crippen LogP contribution in [0.4, 0.5) is 4.79 Å². The average Bonchev–Trinajstić information content (AvgIpc) is 2.27. The second kappa shape index (κ2) is 10.4. The van der Waals surface area contributed by atoms with E-state index in [0.29, 0.717) is 13.2 Å². The number of urea groups is 1. The van der Waals surface area contributed by atoms with Crippen molar-refractivity contribution in [3.63, 3.8) is 0 Å². The van der Waals surface area contributed by atoms with Crippen LogP contribution in [-0.4, -0.2) is 43.3 Å². The van der Waals surface area contributed by atoms with Gasteiger partial charge in [0, 0.05) is 26.2 Å². The van der Waals surface area contributed by atoms with E-state index < -0.39 is 0 Å². The van der Waals surface area contributed by atoms with Crippen LogP contribution in [-0.2, 0) is 4.74 Å². The van der Waals surface area contributed by atoms with Crippen LogP contribution in [0.5, 0.6) is 0 Å². The van der Waals surface area contributed by atoms with Gasteiger partial charge in [0.1, 0.15) is 0 Å². The SMILES string of the molecule is CCCN(CCC)C(=O)NCCCOC(C)C. The standard InChI is InChI=1S/C13H28N2O2/c1-5-9-15(10-6-2)13(16)14-8-7-11-17-12(3)4/h12H,5-11H2,1-4H3,(H,14,16). The normalized spacial score (nSPS) is 10.6. The fourth-order valence-corrected chi connectivity index (χ4v) is 1.55. The van der Waals surface area contributed by atoms with Crippen LogP contribution in [0.3, 0.4) is 0 Å². The number of nitrogens with one attached hydrogen (secondary N) is 1. The third kappa shape index (κ3) is 8.98. The molecule has 0 rings (SSSR count). The van der Waals surface area contributed by atoms with Crippen molar-refractivity contribution in [2.24, 2.45) is 0 Å². The molecule has 0 unspecified atom stereocenters. The third-order valence-electron chi connectivity index (χ3n) is 2.32. The van der Waals surface area contributed by atoms with Crippen molar-refractivity contribution < 1.29 is 9.53 Å². The molecule has 17 heavy (non-hydrogen) atoms. The number of rotatable bonds is 9. The Balaban J connectivity index is 3.66. The predicted molar refractivity (Wildman–Crippen MR) is 71.3 cm³/mol. The van der Waals surface area contributed by atoms with Gasteiger partial charge in [0.2, 0.25) is 0 Å². The van der Waals surface area contributed by atoms with Crippen LogP contribution >= 0.6 is 0 Å². The number of hydrogen-bond acceptors (Lipinski definition) is 2. The summed E-state index contributed by atoms with van der Waals surface area (Å²) in [5.41, 5.74) is 0. The number of nitrogens with zero attached hydrogens (tertiary/aromatic N) is 1. The summed E-state index contributed by atoms with van der Waals surface area (Å²) in [7, 11) is 0. The molecule has 0 aliphatic heterocycles. The second-order valence-corrected chi connectivity index (χ2v) is 4.49. The van der Waals surface area contributed by atoms with Gasteiger partial charge in [-0.2, -0.15) is 0 Å². The molecule has 0 heterocycles. The van der Waals surface area contributed by atoms with E-state index in [-0.39, 0.29) is 12.1 Å². The van der Waals surface area contributed by atoms with E-state index in [1.165, 1.54) is 0 Å². The molecule has 0 aromatic carbocycles. The van der Waals surface area contributed by atoms with Crippen molar-refractivity contribution in [1.82, 2.24) is 10.2 Å². The van der Waals surface area contributed by atoms with E-state index >= 15 is 0 Å². The van der Waals surface area contributed by atoms with Crippen molar-refractivity contribution >= 4 is 6.03 Å². The fraction of sp³-hybridized carbons (Fsp3) is 0.923. The van der Waals surface area contributed by atoms with Gasteiger partial charge in [-0.3, -0.25) is 0 Å². The van der Waals surface area contributed by atoms with Crippen LogP contribution in [0.1, 0.15) is 47.0 Å². The molecule has 1 N–H and O–H groups in total. The number of amides is 2. The molecule has 0 aliphatic rings. The molecule has 0 spiro atoms. The Hall–Kier alpha value is -0.770. The summed E-state index contributed by atoms with van der Waals surface area (Å²) in [5.74, 6) is 0. The quantitative estimate of drug-likeness (QED) is 0.633. The largest absolute Gasteiger partial charge is 0.379 e. The number of ether oxygens (including phenoxy) is 1. The monoisotopic (exact) mass is 244 g/mol. The number of carbonyl (C=O) groups excluding carboxylic acids is 1. The van der Waals surface area contributed by atoms with Gasteiger partial charge in [0.25, 0.3) is 0 Å². The topological polar surface area (TPSA) is 41.6 Å². The van der Waals surface area contributed by atoms with Crippen LogP contribution in [0.15, 0.2) is 0 Å². The summed E-state index contributed by atoms with van der Waals surface area (Å²) in [4.78, 5) is 13.7. The highest BCUT2D eigenvalue weighted by atomic mass is 16.5. The van der Waals surface area contributed by atoms with Crippen molar-refractivity contribution in [2.45, 2.75) is 53.1 Å². The Kier molecular flexibility index (Phi) is 9.92. The average molecular weight is 244 g/mol. The highest BCUT2D eigenvalue weighted by Gasteiger charge is 2.09. The minimum Gasteiger partial charge on any atom is -0.379 e. The van der Waals surface area contributed by atoms with Gasteiger partial charge in [-0.05, 0) is 33.1 Å². The van der Waals surface area contributed by atoms with E-state index in [4.69, 9.17) is 4.74 Å². The van der Waals surface area contributed by atoms with Gasteiger partial charge in [-0.1, -0.05) is 13.8 Å². The van der Waals surface area contributed by atoms with E-state index in [0.717, 1.165) is 32.4 Å². The summed E-state index contributed by atoms with van der Waals surface area (Å²) in [5, 5.41) is 2.93. The Morgan fingerprint density at radius 2 is 1.82 bits per heavy atom. The molecule has 0 fully saturated rings. The minimum absolute atomic E-state index is 0.0539. The predicted octanol–water partition coefficient (Wildman–Crippen LogP) is 2.63. The van der Waals surface area contributed by atoms with Crippen molar-refractivity contribution in [2.75, 3.05) is 26.2 Å². The Labute approximate surface area is 106 Å². The van der Waals surface area contributed by atoms with Gasteiger partial charge in [0.15, 0.2) is 0 Å². The highest BCUT2D eigenvalue weighted by Crippen LogP contribution is 1.95. The lowest BCUT2D eigenvalue weighted by Gasteiger charge is -2.21. The molecular weight excluding hydrogens is 216 g/mol. The molecular formula is C13H28N2O2. The summed E-state index contributed by atoms with van der Waals surface area (Å²) in [6.45, 7) is 11.3. The summed E-state index contributed by atoms with van der Waals surface area (Å²) in [6.07, 6.45) is 3.14. The molecule has 4 nitrogen and oxygen atoms in total. The fourth-order valence-electron chi connectivity index (χ4n) is 1.55. The number of hydrogen-bond donors (Lipinski definition) is 1. The first-order valence-corrected chi connectivity index (χ1v) is 6.76. The summed E-state index contributed by atoms with van der Waals surface area (Å²) in [6, 6.07) is 0.0539. The van der Waals surface area contributed by atoms with Crippen LogP contribution in [0.25, 0.3) is 0 Å². The smallest absolute Gasteiger partial charge is 0.317 e. The highest BCUT2D eigenvalue weighted by molar-refractivity contribution is 5.74. The van der Waals surface area contributed by atoms with Crippen LogP contribution in [0, 0.1) is 0 Å². The maximum absolute atomic E-state index is 11.8. The first kappa shape index (κ1) is 16.2. The van der Waals surface area contributed by atoms with Crippen molar-refractivity contribution in [1.29, 1.82) is 0 Å². The molecule has 0 radical (unpaired) electrons. The lowest BCUT2D eigenvalue weighted by molar-refractivity contribution is 0.0771. The van der Waals surface area contributed by atoms with Crippen LogP contribution < -0.4 is 5.32 Å². The first-order valence-electron chi connectivity index (χ1n) is 6.76. The molecule has 102 valence electrons. The molecule has 0 aromatic heterocycles. The van der Waals surface area contributed by atoms with Crippen molar-refractivity contribution in [3.8, 4) is 0 Å². The third-order valence-corrected chi connectivity index (χ3v) is 2.32. The molecule has 0 aromatic rings. The molecule has 0 atom stereocenters. The van der Waals surface area contributed by atoms with Crippen LogP contribution in [0.2, 0.25) is 0 Å². The van der Waals surface area contributed by atoms with E-state index in [1.54, 1.807) is 0 Å². The number of carbonyl (C=O) groups is 1. The summed E-state index contributed by atoms with van der Waals surface area (Å²) < 4.78 is 5.41. The zero-order valence-corrected chi connectivity index (χ0v) is 11.8. The molecule has 2 amide bonds. The molecule has 0 saturated carbocycles. The maximum atomic E-state index is 11.8. The van der Waals surface area contributed by atoms with E-state index in [1.807, 2.05) is 18.7 Å². The molecule has 0 bridgehead atoms. The lowest BCUT2D eigenvalue weighted by atomic mass is 10.3. The Bertz CT molecular complexity index is 190. The molecule has 0 aliphatic carbocycles. The van der Waals surface area contributed by atoms with Gasteiger partial charge in [0.05, 0.1) is 6.10 Å². The Morgan fingerprint density at radius 3 is 2.29 bits per heavy atom. The summed E-state index contributed by atoms with van der Waals surface area (Å²) >= 11 is 0. The van der Waals surface area contributed by atoms with E-state index in [9.17, 15) is 4.79 Å². The maximum Gasteiger partial charge on any atom is 0.317 e. The zero-order chi connectivity index (χ0) is 13.1. The Morgan fingerprint density at radius 1 is 1.24 bits per heavy atom. The van der Waals surface area contributed by atoms with Gasteiger partial charge in [-0.25, -0.2) is 4.79 Å². The lowest BCUT2D eigenvalue weighted by Crippen LogP contribution is -2.41. The molecule has 0 saturated heterocycles. The zero-order valence-electron chi connectivity index (χ0n) is 11.8. The molecule has 4 heteroatoms. The van der Waals surface area contributed by atoms with Gasteiger partial charge < -0.3 is 15.0 Å². The van der Waals surface area contributed by atoms with E-state index in [2.05, 4.69) is 19.2 Å². The van der Waals surface area contributed by atoms with Crippen molar-refractivity contribution in [3.05, 3.63) is 0 Å². The van der Waals surface area contributed by atoms with Gasteiger partial charge in [-0.15, -0.1) is 0 Å². The minimum atomic E-state index is 0.0539. The van der Waals surface area contributed by atoms with Gasteiger partial charge >= 0.3 is 6.03 Å².